The number of phenols is 1. The van der Waals surface area contributed by atoms with Gasteiger partial charge in [0.15, 0.2) is 0 Å². The average molecular weight is 264 g/mol. The van der Waals surface area contributed by atoms with E-state index in [1.54, 1.807) is 4.90 Å². The van der Waals surface area contributed by atoms with Gasteiger partial charge in [0.1, 0.15) is 11.3 Å². The van der Waals surface area contributed by atoms with Gasteiger partial charge in [0.25, 0.3) is 11.6 Å². The normalized spacial score (nSPS) is 14.2. The molecule has 0 aliphatic heterocycles. The van der Waals surface area contributed by atoms with Crippen LogP contribution in [0.3, 0.4) is 0 Å². The summed E-state index contributed by atoms with van der Waals surface area (Å²) in [5.74, 6) is -0.0197. The number of aromatic hydroxyl groups is 1. The SMILES string of the molecule is CCN(CC1CC1)C(=O)c1cc(O)ccc1[N+](=O)[O-]. The predicted octanol–water partition coefficient (Wildman–Crippen LogP) is 2.17. The summed E-state index contributed by atoms with van der Waals surface area (Å²) >= 11 is 0. The van der Waals surface area contributed by atoms with E-state index in [1.165, 1.54) is 6.07 Å². The molecule has 2 rings (SSSR count). The quantitative estimate of drug-likeness (QED) is 0.652. The molecule has 1 fully saturated rings. The third-order valence-corrected chi connectivity index (χ3v) is 3.25. The van der Waals surface area contributed by atoms with Gasteiger partial charge in [0.2, 0.25) is 0 Å². The fraction of sp³-hybridized carbons (Fsp3) is 0.462. The van der Waals surface area contributed by atoms with E-state index in [2.05, 4.69) is 0 Å². The maximum Gasteiger partial charge on any atom is 0.282 e. The van der Waals surface area contributed by atoms with Gasteiger partial charge >= 0.3 is 0 Å². The van der Waals surface area contributed by atoms with E-state index in [0.717, 1.165) is 25.0 Å². The summed E-state index contributed by atoms with van der Waals surface area (Å²) in [7, 11) is 0. The van der Waals surface area contributed by atoms with Crippen molar-refractivity contribution >= 4 is 11.6 Å². The maximum absolute atomic E-state index is 12.3. The molecule has 0 radical (unpaired) electrons. The average Bonchev–Trinajstić information content (AvgIpc) is 3.18. The number of amides is 1. The van der Waals surface area contributed by atoms with Gasteiger partial charge in [-0.3, -0.25) is 14.9 Å². The number of hydrogen-bond donors (Lipinski definition) is 1. The standard InChI is InChI=1S/C13H16N2O4/c1-2-14(8-9-3-4-9)13(17)11-7-10(16)5-6-12(11)15(18)19/h5-7,9,16H,2-4,8H2,1H3. The van der Waals surface area contributed by atoms with E-state index in [0.29, 0.717) is 19.0 Å². The molecule has 1 aromatic carbocycles. The lowest BCUT2D eigenvalue weighted by atomic mass is 10.1. The Bertz CT molecular complexity index is 511. The lowest BCUT2D eigenvalue weighted by molar-refractivity contribution is -0.385. The number of nitro groups is 1. The first-order valence-corrected chi connectivity index (χ1v) is 6.29. The fourth-order valence-electron chi connectivity index (χ4n) is 1.99. The van der Waals surface area contributed by atoms with Crippen molar-refractivity contribution in [3.05, 3.63) is 33.9 Å². The molecule has 1 saturated carbocycles. The third kappa shape index (κ3) is 3.01. The van der Waals surface area contributed by atoms with Gasteiger partial charge in [-0.2, -0.15) is 0 Å². The summed E-state index contributed by atoms with van der Waals surface area (Å²) < 4.78 is 0. The lowest BCUT2D eigenvalue weighted by Gasteiger charge is -2.20. The highest BCUT2D eigenvalue weighted by Gasteiger charge is 2.29. The number of rotatable bonds is 5. The summed E-state index contributed by atoms with van der Waals surface area (Å²) in [6.07, 6.45) is 2.21. The summed E-state index contributed by atoms with van der Waals surface area (Å²) in [5, 5.41) is 20.4. The predicted molar refractivity (Wildman–Crippen MR) is 69.1 cm³/mol. The van der Waals surface area contributed by atoms with Crippen molar-refractivity contribution in [2.24, 2.45) is 5.92 Å². The van der Waals surface area contributed by atoms with Crippen LogP contribution in [0.1, 0.15) is 30.1 Å². The molecular weight excluding hydrogens is 248 g/mol. The summed E-state index contributed by atoms with van der Waals surface area (Å²) in [5.41, 5.74) is -0.315. The van der Waals surface area contributed by atoms with E-state index in [9.17, 15) is 20.0 Å². The molecule has 1 N–H and O–H groups in total. The van der Waals surface area contributed by atoms with Crippen LogP contribution in [-0.4, -0.2) is 33.9 Å². The van der Waals surface area contributed by atoms with Crippen molar-refractivity contribution in [2.75, 3.05) is 13.1 Å². The third-order valence-electron chi connectivity index (χ3n) is 3.25. The van der Waals surface area contributed by atoms with Crippen LogP contribution in [0.4, 0.5) is 5.69 Å². The zero-order valence-corrected chi connectivity index (χ0v) is 10.7. The lowest BCUT2D eigenvalue weighted by Crippen LogP contribution is -2.33. The number of phenolic OH excluding ortho intramolecular Hbond substituents is 1. The van der Waals surface area contributed by atoms with Crippen molar-refractivity contribution in [1.29, 1.82) is 0 Å². The minimum atomic E-state index is -0.600. The molecule has 0 aromatic heterocycles. The van der Waals surface area contributed by atoms with E-state index >= 15 is 0 Å². The highest BCUT2D eigenvalue weighted by atomic mass is 16.6. The van der Waals surface area contributed by atoms with Gasteiger partial charge in [0, 0.05) is 19.2 Å². The second kappa shape index (κ2) is 5.26. The van der Waals surface area contributed by atoms with Crippen molar-refractivity contribution in [3.63, 3.8) is 0 Å². The minimum Gasteiger partial charge on any atom is -0.508 e. The second-order valence-corrected chi connectivity index (χ2v) is 4.75. The molecule has 0 atom stereocenters. The number of carbonyl (C=O) groups is 1. The molecule has 1 amide bonds. The zero-order chi connectivity index (χ0) is 14.0. The molecule has 6 heteroatoms. The Morgan fingerprint density at radius 2 is 2.21 bits per heavy atom. The monoisotopic (exact) mass is 264 g/mol. The Morgan fingerprint density at radius 3 is 2.74 bits per heavy atom. The number of benzene rings is 1. The number of hydrogen-bond acceptors (Lipinski definition) is 4. The molecule has 0 unspecified atom stereocenters. The Balaban J connectivity index is 2.29. The zero-order valence-electron chi connectivity index (χ0n) is 10.7. The van der Waals surface area contributed by atoms with E-state index < -0.39 is 10.8 Å². The molecule has 102 valence electrons. The van der Waals surface area contributed by atoms with Crippen LogP contribution < -0.4 is 0 Å². The molecule has 19 heavy (non-hydrogen) atoms. The Hall–Kier alpha value is -2.11. The molecule has 1 aliphatic rings. The molecule has 1 aromatic rings. The first-order chi connectivity index (χ1) is 9.02. The van der Waals surface area contributed by atoms with Crippen LogP contribution >= 0.6 is 0 Å². The highest BCUT2D eigenvalue weighted by molar-refractivity contribution is 5.98. The summed E-state index contributed by atoms with van der Waals surface area (Å²) in [4.78, 5) is 24.3. The first kappa shape index (κ1) is 13.3. The maximum atomic E-state index is 12.3. The first-order valence-electron chi connectivity index (χ1n) is 6.29. The van der Waals surface area contributed by atoms with Crippen LogP contribution in [0, 0.1) is 16.0 Å². The number of nitrogens with zero attached hydrogens (tertiary/aromatic N) is 2. The topological polar surface area (TPSA) is 83.7 Å². The van der Waals surface area contributed by atoms with Crippen molar-refractivity contribution in [3.8, 4) is 5.75 Å². The van der Waals surface area contributed by atoms with Gasteiger partial charge < -0.3 is 10.0 Å². The molecule has 0 bridgehead atoms. The largest absolute Gasteiger partial charge is 0.508 e. The van der Waals surface area contributed by atoms with Crippen LogP contribution in [-0.2, 0) is 0 Å². The van der Waals surface area contributed by atoms with Gasteiger partial charge in [-0.15, -0.1) is 0 Å². The second-order valence-electron chi connectivity index (χ2n) is 4.75. The minimum absolute atomic E-state index is 0.0486. The number of carbonyl (C=O) groups excluding carboxylic acids is 1. The van der Waals surface area contributed by atoms with Gasteiger partial charge in [0.05, 0.1) is 4.92 Å². The summed E-state index contributed by atoms with van der Waals surface area (Å²) in [6.45, 7) is 2.97. The molecule has 6 nitrogen and oxygen atoms in total. The van der Waals surface area contributed by atoms with E-state index in [-0.39, 0.29) is 17.0 Å². The molecule has 0 spiro atoms. The van der Waals surface area contributed by atoms with Crippen LogP contribution in [0.15, 0.2) is 18.2 Å². The summed E-state index contributed by atoms with van der Waals surface area (Å²) in [6, 6.07) is 3.54. The Morgan fingerprint density at radius 1 is 1.53 bits per heavy atom. The van der Waals surface area contributed by atoms with Crippen LogP contribution in [0.25, 0.3) is 0 Å². The van der Waals surface area contributed by atoms with E-state index in [4.69, 9.17) is 0 Å². The molecule has 0 saturated heterocycles. The molecule has 1 aliphatic carbocycles. The smallest absolute Gasteiger partial charge is 0.282 e. The fourth-order valence-corrected chi connectivity index (χ4v) is 1.99. The van der Waals surface area contributed by atoms with Gasteiger partial charge in [-0.05, 0) is 37.8 Å². The van der Waals surface area contributed by atoms with E-state index in [1.807, 2.05) is 6.92 Å². The number of nitro benzene ring substituents is 1. The Labute approximate surface area is 110 Å². The molecule has 0 heterocycles. The van der Waals surface area contributed by atoms with Crippen molar-refractivity contribution < 1.29 is 14.8 Å². The van der Waals surface area contributed by atoms with Crippen LogP contribution in [0.2, 0.25) is 0 Å². The van der Waals surface area contributed by atoms with Gasteiger partial charge in [-0.25, -0.2) is 0 Å². The Kier molecular flexibility index (Phi) is 3.69. The van der Waals surface area contributed by atoms with Crippen LogP contribution in [0.5, 0.6) is 5.75 Å². The van der Waals surface area contributed by atoms with Crippen molar-refractivity contribution in [2.45, 2.75) is 19.8 Å². The van der Waals surface area contributed by atoms with Crippen molar-refractivity contribution in [1.82, 2.24) is 4.90 Å². The molecular formula is C13H16N2O4. The highest BCUT2D eigenvalue weighted by Crippen LogP contribution is 2.31. The van der Waals surface area contributed by atoms with Gasteiger partial charge in [-0.1, -0.05) is 0 Å².